The molecule has 1 aromatic rings. The summed E-state index contributed by atoms with van der Waals surface area (Å²) in [5, 5.41) is 19.8. The molecule has 2 N–H and O–H groups in total. The number of aliphatic hydroxyl groups excluding tert-OH is 1. The first-order chi connectivity index (χ1) is 11.6. The van der Waals surface area contributed by atoms with Gasteiger partial charge in [0.2, 0.25) is 0 Å². The van der Waals surface area contributed by atoms with Crippen LogP contribution in [0.4, 0.5) is 4.79 Å². The van der Waals surface area contributed by atoms with Crippen molar-refractivity contribution in [3.05, 3.63) is 35.4 Å². The van der Waals surface area contributed by atoms with Gasteiger partial charge in [-0.25, -0.2) is 4.79 Å². The maximum atomic E-state index is 12.7. The number of hydrogen-bond donors (Lipinski definition) is 2. The molecule has 1 fully saturated rings. The molecule has 0 radical (unpaired) electrons. The summed E-state index contributed by atoms with van der Waals surface area (Å²) in [4.78, 5) is 39.5. The Bertz CT molecular complexity index is 719. The maximum Gasteiger partial charge on any atom is 0.407 e. The first-order valence-corrected chi connectivity index (χ1v) is 8.22. The Morgan fingerprint density at radius 2 is 1.72 bits per heavy atom. The minimum absolute atomic E-state index is 0.0320. The quantitative estimate of drug-likeness (QED) is 0.796. The number of carbonyl (C=O) groups excluding carboxylic acids is 2. The van der Waals surface area contributed by atoms with Crippen molar-refractivity contribution in [1.82, 2.24) is 9.80 Å². The largest absolute Gasteiger partial charge is 0.465 e. The first kappa shape index (κ1) is 17.4. The average Bonchev–Trinajstić information content (AvgIpc) is 2.99. The lowest BCUT2D eigenvalue weighted by Crippen LogP contribution is -2.61. The van der Waals surface area contributed by atoms with Gasteiger partial charge in [-0.15, -0.1) is 0 Å². The van der Waals surface area contributed by atoms with Crippen LogP contribution < -0.4 is 0 Å². The van der Waals surface area contributed by atoms with E-state index >= 15 is 0 Å². The van der Waals surface area contributed by atoms with Crippen LogP contribution in [0.2, 0.25) is 0 Å². The predicted molar refractivity (Wildman–Crippen MR) is 89.3 cm³/mol. The van der Waals surface area contributed by atoms with Crippen LogP contribution in [0.25, 0.3) is 0 Å². The van der Waals surface area contributed by atoms with E-state index in [1.165, 1.54) is 4.90 Å². The van der Waals surface area contributed by atoms with Crippen molar-refractivity contribution in [2.45, 2.75) is 38.8 Å². The van der Waals surface area contributed by atoms with Gasteiger partial charge in [-0.3, -0.25) is 19.4 Å². The number of carboxylic acid groups (broad SMARTS) is 1. The molecule has 1 aromatic carbocycles. The number of nitrogens with zero attached hydrogens (tertiary/aromatic N) is 2. The number of amides is 3. The van der Waals surface area contributed by atoms with Gasteiger partial charge in [0.25, 0.3) is 11.8 Å². The van der Waals surface area contributed by atoms with Crippen molar-refractivity contribution in [2.24, 2.45) is 5.41 Å². The second kappa shape index (κ2) is 5.56. The molecule has 2 aliphatic rings. The third-order valence-corrected chi connectivity index (χ3v) is 5.41. The zero-order valence-corrected chi connectivity index (χ0v) is 14.5. The molecule has 2 aliphatic heterocycles. The van der Waals surface area contributed by atoms with Crippen molar-refractivity contribution >= 4 is 17.9 Å². The molecule has 0 saturated carbocycles. The number of likely N-dealkylation sites (tertiary alicyclic amines) is 1. The number of imide groups is 1. The van der Waals surface area contributed by atoms with Gasteiger partial charge in [0.05, 0.1) is 35.9 Å². The number of fused-ring (bicyclic) bond motifs is 1. The monoisotopic (exact) mass is 346 g/mol. The zero-order valence-electron chi connectivity index (χ0n) is 14.5. The fourth-order valence-corrected chi connectivity index (χ4v) is 3.95. The molecule has 134 valence electrons. The van der Waals surface area contributed by atoms with E-state index in [2.05, 4.69) is 0 Å². The van der Waals surface area contributed by atoms with E-state index in [-0.39, 0.29) is 19.5 Å². The van der Waals surface area contributed by atoms with Crippen molar-refractivity contribution in [2.75, 3.05) is 13.1 Å². The van der Waals surface area contributed by atoms with E-state index in [1.54, 1.807) is 24.3 Å². The zero-order chi connectivity index (χ0) is 18.6. The second-order valence-corrected chi connectivity index (χ2v) is 7.77. The SMILES string of the molecule is CC(C)(C)[C@@]1(CN2C(=O)c3ccccc3C2=O)C[C@H](O)CN1C(=O)O. The molecule has 2 atom stereocenters. The van der Waals surface area contributed by atoms with E-state index in [0.717, 1.165) is 4.90 Å². The van der Waals surface area contributed by atoms with Crippen LogP contribution in [0, 0.1) is 5.41 Å². The summed E-state index contributed by atoms with van der Waals surface area (Å²) in [7, 11) is 0. The standard InChI is InChI=1S/C18H22N2O5/c1-17(2,3)18(8-11(21)9-20(18)16(24)25)10-19-14(22)12-6-4-5-7-13(12)15(19)23/h4-7,11,21H,8-10H2,1-3H3,(H,24,25)/t11-,18-/m0/s1. The van der Waals surface area contributed by atoms with E-state index in [0.29, 0.717) is 11.1 Å². The van der Waals surface area contributed by atoms with Crippen LogP contribution in [-0.4, -0.2) is 62.7 Å². The fourth-order valence-electron chi connectivity index (χ4n) is 3.95. The summed E-state index contributed by atoms with van der Waals surface area (Å²) in [5.74, 6) is -0.841. The Morgan fingerprint density at radius 1 is 1.20 bits per heavy atom. The minimum atomic E-state index is -1.16. The Morgan fingerprint density at radius 3 is 2.16 bits per heavy atom. The van der Waals surface area contributed by atoms with Crippen LogP contribution in [0.5, 0.6) is 0 Å². The molecule has 0 spiro atoms. The Balaban J connectivity index is 2.03. The predicted octanol–water partition coefficient (Wildman–Crippen LogP) is 1.81. The summed E-state index contributed by atoms with van der Waals surface area (Å²) in [6.45, 7) is 5.47. The maximum absolute atomic E-state index is 12.7. The molecular weight excluding hydrogens is 324 g/mol. The minimum Gasteiger partial charge on any atom is -0.465 e. The third kappa shape index (κ3) is 2.50. The Labute approximate surface area is 145 Å². The van der Waals surface area contributed by atoms with Gasteiger partial charge in [0.1, 0.15) is 0 Å². The number of carbonyl (C=O) groups is 3. The van der Waals surface area contributed by atoms with Crippen molar-refractivity contribution in [3.63, 3.8) is 0 Å². The van der Waals surface area contributed by atoms with Crippen LogP contribution in [0.15, 0.2) is 24.3 Å². The van der Waals surface area contributed by atoms with Crippen molar-refractivity contribution in [1.29, 1.82) is 0 Å². The van der Waals surface area contributed by atoms with Crippen molar-refractivity contribution in [3.8, 4) is 0 Å². The first-order valence-electron chi connectivity index (χ1n) is 8.22. The van der Waals surface area contributed by atoms with Crippen LogP contribution >= 0.6 is 0 Å². The number of benzene rings is 1. The van der Waals surface area contributed by atoms with Gasteiger partial charge < -0.3 is 10.2 Å². The molecule has 0 unspecified atom stereocenters. The lowest BCUT2D eigenvalue weighted by Gasteiger charge is -2.48. The molecule has 3 rings (SSSR count). The summed E-state index contributed by atoms with van der Waals surface area (Å²) < 4.78 is 0. The topological polar surface area (TPSA) is 98.2 Å². The Hall–Kier alpha value is -2.41. The van der Waals surface area contributed by atoms with E-state index < -0.39 is 35.0 Å². The molecule has 7 heteroatoms. The average molecular weight is 346 g/mol. The van der Waals surface area contributed by atoms with Gasteiger partial charge in [-0.2, -0.15) is 0 Å². The van der Waals surface area contributed by atoms with Crippen LogP contribution in [0.1, 0.15) is 47.9 Å². The number of hydrogen-bond acceptors (Lipinski definition) is 4. The number of β-amino-alcohol motifs (C(OH)–C–C–N with tert-alkyl or cyclic N) is 1. The molecule has 0 aliphatic carbocycles. The van der Waals surface area contributed by atoms with Gasteiger partial charge in [-0.05, 0) is 17.5 Å². The van der Waals surface area contributed by atoms with Gasteiger partial charge in [0.15, 0.2) is 0 Å². The molecule has 0 bridgehead atoms. The number of rotatable bonds is 2. The molecule has 1 saturated heterocycles. The Kier molecular flexibility index (Phi) is 3.87. The van der Waals surface area contributed by atoms with E-state index in [4.69, 9.17) is 0 Å². The van der Waals surface area contributed by atoms with E-state index in [1.807, 2.05) is 20.8 Å². The normalized spacial score (nSPS) is 26.3. The summed E-state index contributed by atoms with van der Waals surface area (Å²) in [6, 6.07) is 6.57. The lowest BCUT2D eigenvalue weighted by molar-refractivity contribution is 0.00612. The highest BCUT2D eigenvalue weighted by Crippen LogP contribution is 2.45. The fraction of sp³-hybridized carbons (Fsp3) is 0.500. The molecule has 2 heterocycles. The number of aliphatic hydroxyl groups is 1. The smallest absolute Gasteiger partial charge is 0.407 e. The van der Waals surface area contributed by atoms with Crippen LogP contribution in [-0.2, 0) is 0 Å². The van der Waals surface area contributed by atoms with Gasteiger partial charge in [0, 0.05) is 6.42 Å². The molecule has 3 amide bonds. The summed E-state index contributed by atoms with van der Waals surface area (Å²) in [6.07, 6.45) is -1.82. The highest BCUT2D eigenvalue weighted by atomic mass is 16.4. The van der Waals surface area contributed by atoms with Gasteiger partial charge in [-0.1, -0.05) is 32.9 Å². The summed E-state index contributed by atoms with van der Waals surface area (Å²) >= 11 is 0. The summed E-state index contributed by atoms with van der Waals surface area (Å²) in [5.41, 5.74) is -0.974. The van der Waals surface area contributed by atoms with Gasteiger partial charge >= 0.3 is 6.09 Å². The van der Waals surface area contributed by atoms with E-state index in [9.17, 15) is 24.6 Å². The molecular formula is C18H22N2O5. The van der Waals surface area contributed by atoms with Crippen LogP contribution in [0.3, 0.4) is 0 Å². The third-order valence-electron chi connectivity index (χ3n) is 5.41. The molecule has 7 nitrogen and oxygen atoms in total. The van der Waals surface area contributed by atoms with Crippen molar-refractivity contribution < 1.29 is 24.6 Å². The molecule has 25 heavy (non-hydrogen) atoms. The lowest BCUT2D eigenvalue weighted by atomic mass is 9.71. The highest BCUT2D eigenvalue weighted by molar-refractivity contribution is 6.21. The second-order valence-electron chi connectivity index (χ2n) is 7.77. The highest BCUT2D eigenvalue weighted by Gasteiger charge is 2.57. The molecule has 0 aromatic heterocycles.